The lowest BCUT2D eigenvalue weighted by molar-refractivity contribution is -0.141. The third-order valence-corrected chi connectivity index (χ3v) is 9.60. The van der Waals surface area contributed by atoms with Crippen LogP contribution in [0.2, 0.25) is 0 Å². The second-order valence-electron chi connectivity index (χ2n) is 16.8. The first-order chi connectivity index (χ1) is 30.7. The number of nitrogens with one attached hydrogen (secondary N) is 6. The van der Waals surface area contributed by atoms with Gasteiger partial charge < -0.3 is 41.4 Å². The molecule has 2 aromatic rings. The van der Waals surface area contributed by atoms with E-state index in [4.69, 9.17) is 9.47 Å². The number of methoxy groups -OCH3 is 1. The molecule has 0 fully saturated rings. The predicted octanol–water partition coefficient (Wildman–Crippen LogP) is 4.83. The van der Waals surface area contributed by atoms with Gasteiger partial charge in [0.05, 0.1) is 25.6 Å². The van der Waals surface area contributed by atoms with Gasteiger partial charge in [-0.25, -0.2) is 8.78 Å². The number of amides is 5. The number of anilines is 1. The molecule has 0 bridgehead atoms. The first-order valence-corrected chi connectivity index (χ1v) is 21.3. The lowest BCUT2D eigenvalue weighted by atomic mass is 9.86. The molecule has 3 unspecified atom stereocenters. The van der Waals surface area contributed by atoms with Crippen molar-refractivity contribution >= 4 is 52.8 Å². The van der Waals surface area contributed by atoms with Gasteiger partial charge >= 0.3 is 5.97 Å². The molecule has 20 heteroatoms. The Hall–Kier alpha value is -6.34. The highest BCUT2D eigenvalue weighted by Crippen LogP contribution is 2.29. The lowest BCUT2D eigenvalue weighted by Crippen LogP contribution is -2.57. The largest absolute Gasteiger partial charge is 0.479 e. The number of esters is 1. The van der Waals surface area contributed by atoms with E-state index < -0.39 is 144 Å². The van der Waals surface area contributed by atoms with Gasteiger partial charge in [0.25, 0.3) is 0 Å². The smallest absolute Gasteiger partial charge is 0.308 e. The van der Waals surface area contributed by atoms with Crippen LogP contribution in [0.4, 0.5) is 23.2 Å². The first-order valence-electron chi connectivity index (χ1n) is 21.3. The van der Waals surface area contributed by atoms with Gasteiger partial charge in [-0.1, -0.05) is 87.1 Å². The van der Waals surface area contributed by atoms with Crippen molar-refractivity contribution in [1.82, 2.24) is 26.6 Å². The molecule has 0 aromatic heterocycles. The molecule has 5 atom stereocenters. The van der Waals surface area contributed by atoms with Crippen LogP contribution in [0.25, 0.3) is 0 Å². The number of benzene rings is 2. The third-order valence-electron chi connectivity index (χ3n) is 9.60. The molecule has 2 aromatic carbocycles. The van der Waals surface area contributed by atoms with Crippen LogP contribution in [-0.2, 0) is 48.5 Å². The summed E-state index contributed by atoms with van der Waals surface area (Å²) in [5.41, 5.74) is 1.03. The zero-order chi connectivity index (χ0) is 50.8. The molecular weight excluding hydrogens is 873 g/mol. The van der Waals surface area contributed by atoms with Crippen LogP contribution in [0.5, 0.6) is 5.75 Å². The van der Waals surface area contributed by atoms with E-state index in [1.807, 2.05) is 46.8 Å². The SMILES string of the molecule is C=C(NC(C(=O)N[C@@H](C)C(=O)NC(CC(C)=O)C(=O)COc1c(F)c(F)cc(F)c1F)C(C)C)[C@H](CC(=O)OC)NC(=O)C(NC(=O)CC(=O)Nc1ccccc1C(C)(C)C)C(C)C.CC. The second-order valence-corrected chi connectivity index (χ2v) is 16.8. The van der Waals surface area contributed by atoms with Crippen LogP contribution in [0.15, 0.2) is 42.6 Å². The average molecular weight is 937 g/mol. The summed E-state index contributed by atoms with van der Waals surface area (Å²) in [7, 11) is 1.11. The molecule has 0 aliphatic heterocycles. The Balaban J connectivity index is 0.0000107. The van der Waals surface area contributed by atoms with Gasteiger partial charge in [0.15, 0.2) is 23.2 Å². The Morgan fingerprint density at radius 2 is 1.21 bits per heavy atom. The molecule has 0 aliphatic carbocycles. The molecule has 0 spiro atoms. The van der Waals surface area contributed by atoms with Gasteiger partial charge in [-0.3, -0.25) is 38.4 Å². The van der Waals surface area contributed by atoms with Gasteiger partial charge in [0.1, 0.15) is 36.9 Å². The van der Waals surface area contributed by atoms with E-state index in [1.54, 1.807) is 39.8 Å². The maximum Gasteiger partial charge on any atom is 0.308 e. The number of hydrogen-bond acceptors (Lipinski definition) is 11. The first kappa shape index (κ1) is 57.7. The minimum Gasteiger partial charge on any atom is -0.479 e. The molecule has 0 radical (unpaired) electrons. The highest BCUT2D eigenvalue weighted by atomic mass is 19.2. The molecule has 0 saturated heterocycles. The van der Waals surface area contributed by atoms with Gasteiger partial charge in [-0.15, -0.1) is 0 Å². The standard InChI is InChI=1S/C44H58F4N6O10.C2H6/c1-21(2)38(42(61)50-25(7)41(60)53-31(16-23(5)55)32(56)20-64-40-36(47)27(45)17-28(46)37(40)48)49-24(6)30(18-35(59)63-11)52-43(62)39(22(3)4)54-34(58)19-33(57)51-29-15-13-12-14-26(29)44(8,9)10;1-2/h12-15,17,21-22,25,30-31,38-39,49H,6,16,18-20H2,1-5,7-11H3,(H,50,61)(H,51,57)(H,52,62)(H,53,60)(H,54,58);1-2H3/t25-,30-,31?,38?,39?;/m0./s1. The van der Waals surface area contributed by atoms with Crippen molar-refractivity contribution in [3.05, 3.63) is 71.4 Å². The van der Waals surface area contributed by atoms with Crippen LogP contribution in [0.3, 0.4) is 0 Å². The lowest BCUT2D eigenvalue weighted by Gasteiger charge is -2.30. The van der Waals surface area contributed by atoms with Crippen LogP contribution in [0, 0.1) is 35.1 Å². The summed E-state index contributed by atoms with van der Waals surface area (Å²) >= 11 is 0. The molecule has 0 heterocycles. The summed E-state index contributed by atoms with van der Waals surface area (Å²) < 4.78 is 64.9. The highest BCUT2D eigenvalue weighted by Gasteiger charge is 2.33. The summed E-state index contributed by atoms with van der Waals surface area (Å²) in [5, 5.41) is 15.5. The second kappa shape index (κ2) is 26.6. The van der Waals surface area contributed by atoms with E-state index in [1.165, 1.54) is 6.92 Å². The molecule has 66 heavy (non-hydrogen) atoms. The van der Waals surface area contributed by atoms with E-state index >= 15 is 0 Å². The van der Waals surface area contributed by atoms with Gasteiger partial charge in [0, 0.05) is 23.9 Å². The number of halogens is 4. The topological polar surface area (TPSA) is 227 Å². The molecule has 2 rings (SSSR count). The summed E-state index contributed by atoms with van der Waals surface area (Å²) in [6, 6.07) is 0.444. The normalized spacial score (nSPS) is 13.3. The molecular formula is C46H64F4N6O10. The van der Waals surface area contributed by atoms with Crippen molar-refractivity contribution in [2.75, 3.05) is 19.0 Å². The Kier molecular flexibility index (Phi) is 23.2. The van der Waals surface area contributed by atoms with E-state index in [2.05, 4.69) is 38.5 Å². The predicted molar refractivity (Wildman–Crippen MR) is 238 cm³/mol. The Bertz CT molecular complexity index is 2070. The van der Waals surface area contributed by atoms with Crippen LogP contribution in [-0.4, -0.2) is 91.0 Å². The van der Waals surface area contributed by atoms with Gasteiger partial charge in [0.2, 0.25) is 41.2 Å². The Morgan fingerprint density at radius 1 is 0.697 bits per heavy atom. The molecule has 366 valence electrons. The zero-order valence-electron chi connectivity index (χ0n) is 39.6. The monoisotopic (exact) mass is 936 g/mol. The number of carbonyl (C=O) groups is 8. The van der Waals surface area contributed by atoms with Crippen molar-refractivity contribution in [3.8, 4) is 5.75 Å². The minimum atomic E-state index is -1.91. The van der Waals surface area contributed by atoms with E-state index in [0.29, 0.717) is 5.69 Å². The van der Waals surface area contributed by atoms with Crippen molar-refractivity contribution < 1.29 is 65.4 Å². The van der Waals surface area contributed by atoms with Crippen molar-refractivity contribution in [2.45, 2.75) is 131 Å². The maximum absolute atomic E-state index is 14.1. The fourth-order valence-electron chi connectivity index (χ4n) is 6.07. The molecule has 16 nitrogen and oxygen atoms in total. The van der Waals surface area contributed by atoms with Gasteiger partial charge in [-0.05, 0) is 42.7 Å². The van der Waals surface area contributed by atoms with Crippen LogP contribution in [0.1, 0.15) is 101 Å². The van der Waals surface area contributed by atoms with E-state index in [9.17, 15) is 55.9 Å². The van der Waals surface area contributed by atoms with Crippen molar-refractivity contribution in [2.24, 2.45) is 11.8 Å². The molecule has 5 amide bonds. The summed E-state index contributed by atoms with van der Waals surface area (Å²) in [5.74, 6) is -16.4. The number of rotatable bonds is 23. The molecule has 0 saturated carbocycles. The summed E-state index contributed by atoms with van der Waals surface area (Å²) in [6.45, 7) is 21.5. The van der Waals surface area contributed by atoms with Crippen molar-refractivity contribution in [1.29, 1.82) is 0 Å². The average Bonchev–Trinajstić information content (AvgIpc) is 3.23. The quantitative estimate of drug-likeness (QED) is 0.0383. The fraction of sp³-hybridized carbons (Fsp3) is 0.522. The molecule has 6 N–H and O–H groups in total. The number of ether oxygens (including phenoxy) is 2. The summed E-state index contributed by atoms with van der Waals surface area (Å²) in [4.78, 5) is 104. The van der Waals surface area contributed by atoms with Crippen molar-refractivity contribution in [3.63, 3.8) is 0 Å². The zero-order valence-corrected chi connectivity index (χ0v) is 39.6. The molecule has 0 aliphatic rings. The van der Waals surface area contributed by atoms with Crippen LogP contribution >= 0.6 is 0 Å². The number of hydrogen-bond donors (Lipinski definition) is 6. The third kappa shape index (κ3) is 17.9. The highest BCUT2D eigenvalue weighted by molar-refractivity contribution is 6.05. The van der Waals surface area contributed by atoms with Crippen LogP contribution < -0.4 is 36.6 Å². The number of carbonyl (C=O) groups excluding carboxylic acids is 8. The Labute approximate surface area is 383 Å². The van der Waals surface area contributed by atoms with E-state index in [-0.39, 0.29) is 17.2 Å². The maximum atomic E-state index is 14.1. The number of ketones is 2. The number of Topliss-reactive ketones (excluding diaryl/α,β-unsaturated/α-hetero) is 2. The number of para-hydroxylation sites is 1. The van der Waals surface area contributed by atoms with Gasteiger partial charge in [-0.2, -0.15) is 8.78 Å². The summed E-state index contributed by atoms with van der Waals surface area (Å²) in [6.07, 6.45) is -1.71. The minimum absolute atomic E-state index is 0.0476. The Morgan fingerprint density at radius 3 is 1.73 bits per heavy atom. The van der Waals surface area contributed by atoms with E-state index in [0.717, 1.165) is 19.6 Å². The fourth-order valence-corrected chi connectivity index (χ4v) is 6.07.